The van der Waals surface area contributed by atoms with Crippen molar-refractivity contribution in [3.8, 4) is 5.75 Å². The maximum Gasteiger partial charge on any atom is 0.191 e. The molecule has 0 aliphatic carbocycles. The van der Waals surface area contributed by atoms with Gasteiger partial charge >= 0.3 is 0 Å². The fourth-order valence-corrected chi connectivity index (χ4v) is 2.14. The second-order valence-corrected chi connectivity index (χ2v) is 5.12. The molecule has 2 aromatic rings. The van der Waals surface area contributed by atoms with Crippen molar-refractivity contribution in [1.82, 2.24) is 25.4 Å². The standard InChI is InChI=1S/C16H24N6O.HI/c1-5-23-14-8-12(2)6-7-13(14)9-18-16(17-3)19-10-15-20-11-21-22(15)4;/h6-8,11H,5,9-10H2,1-4H3,(H2,17,18,19);1H. The predicted octanol–water partition coefficient (Wildman–Crippen LogP) is 2.01. The second kappa shape index (κ2) is 10.1. The van der Waals surface area contributed by atoms with E-state index in [1.54, 1.807) is 11.7 Å². The van der Waals surface area contributed by atoms with Crippen LogP contribution < -0.4 is 15.4 Å². The van der Waals surface area contributed by atoms with Crippen molar-refractivity contribution in [1.29, 1.82) is 0 Å². The van der Waals surface area contributed by atoms with Gasteiger partial charge in [-0.1, -0.05) is 12.1 Å². The summed E-state index contributed by atoms with van der Waals surface area (Å²) in [5, 5.41) is 10.6. The van der Waals surface area contributed by atoms with Crippen LogP contribution >= 0.6 is 24.0 Å². The number of halogens is 1. The summed E-state index contributed by atoms with van der Waals surface area (Å²) >= 11 is 0. The van der Waals surface area contributed by atoms with Crippen LogP contribution in [0.2, 0.25) is 0 Å². The lowest BCUT2D eigenvalue weighted by Gasteiger charge is -2.14. The molecular weight excluding hydrogens is 419 g/mol. The number of rotatable bonds is 6. The van der Waals surface area contributed by atoms with Gasteiger partial charge in [-0.05, 0) is 25.5 Å². The van der Waals surface area contributed by atoms with Gasteiger partial charge in [0.05, 0.1) is 13.2 Å². The Kier molecular flexibility index (Phi) is 8.51. The van der Waals surface area contributed by atoms with Crippen LogP contribution in [-0.4, -0.2) is 34.4 Å². The van der Waals surface area contributed by atoms with E-state index in [-0.39, 0.29) is 24.0 Å². The predicted molar refractivity (Wildman–Crippen MR) is 106 cm³/mol. The average molecular weight is 444 g/mol. The Labute approximate surface area is 159 Å². The van der Waals surface area contributed by atoms with Gasteiger partial charge in [0.15, 0.2) is 5.96 Å². The number of hydrogen-bond donors (Lipinski definition) is 2. The summed E-state index contributed by atoms with van der Waals surface area (Å²) in [7, 11) is 3.60. The molecule has 0 saturated heterocycles. The molecular formula is C16H25IN6O. The third kappa shape index (κ3) is 5.66. The van der Waals surface area contributed by atoms with Crippen LogP contribution in [0.3, 0.4) is 0 Å². The number of aromatic nitrogens is 3. The molecule has 0 atom stereocenters. The molecule has 0 bridgehead atoms. The van der Waals surface area contributed by atoms with Crippen molar-refractivity contribution in [3.05, 3.63) is 41.5 Å². The number of benzene rings is 1. The first-order valence-corrected chi connectivity index (χ1v) is 7.63. The molecule has 0 aliphatic heterocycles. The largest absolute Gasteiger partial charge is 0.494 e. The van der Waals surface area contributed by atoms with Crippen LogP contribution in [0.1, 0.15) is 23.9 Å². The zero-order valence-electron chi connectivity index (χ0n) is 14.5. The summed E-state index contributed by atoms with van der Waals surface area (Å²) in [6.07, 6.45) is 1.54. The highest BCUT2D eigenvalue weighted by Gasteiger charge is 2.06. The van der Waals surface area contributed by atoms with Crippen LogP contribution in [0.15, 0.2) is 29.5 Å². The molecule has 2 N–H and O–H groups in total. The molecule has 0 spiro atoms. The molecule has 1 aromatic carbocycles. The van der Waals surface area contributed by atoms with Gasteiger partial charge < -0.3 is 15.4 Å². The fraction of sp³-hybridized carbons (Fsp3) is 0.438. The molecule has 0 amide bonds. The van der Waals surface area contributed by atoms with E-state index in [0.717, 1.165) is 17.1 Å². The van der Waals surface area contributed by atoms with Crippen molar-refractivity contribution in [2.24, 2.45) is 12.0 Å². The van der Waals surface area contributed by atoms with Crippen molar-refractivity contribution < 1.29 is 4.74 Å². The molecule has 132 valence electrons. The number of ether oxygens (including phenoxy) is 1. The lowest BCUT2D eigenvalue weighted by atomic mass is 10.1. The quantitative estimate of drug-likeness (QED) is 0.405. The number of nitrogens with one attached hydrogen (secondary N) is 2. The Morgan fingerprint density at radius 2 is 2.04 bits per heavy atom. The summed E-state index contributed by atoms with van der Waals surface area (Å²) in [5.74, 6) is 2.46. The van der Waals surface area contributed by atoms with Gasteiger partial charge in [0.25, 0.3) is 0 Å². The minimum atomic E-state index is 0. The third-order valence-electron chi connectivity index (χ3n) is 3.41. The lowest BCUT2D eigenvalue weighted by Crippen LogP contribution is -2.37. The van der Waals surface area contributed by atoms with E-state index in [4.69, 9.17) is 4.74 Å². The molecule has 0 fully saturated rings. The van der Waals surface area contributed by atoms with Gasteiger partial charge in [0, 0.05) is 26.2 Å². The average Bonchev–Trinajstić information content (AvgIpc) is 2.95. The van der Waals surface area contributed by atoms with Gasteiger partial charge in [-0.25, -0.2) is 4.98 Å². The first kappa shape index (κ1) is 20.2. The molecule has 2 rings (SSSR count). The fourth-order valence-electron chi connectivity index (χ4n) is 2.14. The Hall–Kier alpha value is -1.84. The van der Waals surface area contributed by atoms with Gasteiger partial charge in [0.2, 0.25) is 0 Å². The van der Waals surface area contributed by atoms with Crippen LogP contribution in [0.5, 0.6) is 5.75 Å². The lowest BCUT2D eigenvalue weighted by molar-refractivity contribution is 0.336. The van der Waals surface area contributed by atoms with E-state index in [0.29, 0.717) is 25.7 Å². The van der Waals surface area contributed by atoms with E-state index in [9.17, 15) is 0 Å². The number of aliphatic imine (C=N–C) groups is 1. The van der Waals surface area contributed by atoms with E-state index >= 15 is 0 Å². The number of guanidine groups is 1. The zero-order chi connectivity index (χ0) is 16.7. The van der Waals surface area contributed by atoms with E-state index in [2.05, 4.69) is 50.8 Å². The first-order chi connectivity index (χ1) is 11.1. The monoisotopic (exact) mass is 444 g/mol. The summed E-state index contributed by atoms with van der Waals surface area (Å²) in [6, 6.07) is 6.20. The van der Waals surface area contributed by atoms with Crippen molar-refractivity contribution >= 4 is 29.9 Å². The summed E-state index contributed by atoms with van der Waals surface area (Å²) in [4.78, 5) is 8.40. The highest BCUT2D eigenvalue weighted by molar-refractivity contribution is 14.0. The van der Waals surface area contributed by atoms with Gasteiger partial charge in [0.1, 0.15) is 17.9 Å². The maximum absolute atomic E-state index is 5.70. The Balaban J connectivity index is 0.00000288. The van der Waals surface area contributed by atoms with Crippen molar-refractivity contribution in [2.75, 3.05) is 13.7 Å². The molecule has 7 nitrogen and oxygen atoms in total. The van der Waals surface area contributed by atoms with Gasteiger partial charge in [-0.2, -0.15) is 5.10 Å². The Morgan fingerprint density at radius 1 is 1.29 bits per heavy atom. The Bertz CT molecular complexity index is 670. The summed E-state index contributed by atoms with van der Waals surface area (Å²) in [5.41, 5.74) is 2.28. The van der Waals surface area contributed by atoms with E-state index in [1.165, 1.54) is 11.9 Å². The SMILES string of the molecule is CCOc1cc(C)ccc1CNC(=NC)NCc1ncnn1C.I. The van der Waals surface area contributed by atoms with E-state index < -0.39 is 0 Å². The number of aryl methyl sites for hydroxylation is 2. The highest BCUT2D eigenvalue weighted by Crippen LogP contribution is 2.20. The molecule has 1 heterocycles. The normalized spacial score (nSPS) is 10.9. The van der Waals surface area contributed by atoms with E-state index in [1.807, 2.05) is 14.0 Å². The molecule has 0 unspecified atom stereocenters. The minimum Gasteiger partial charge on any atom is -0.494 e. The molecule has 0 radical (unpaired) electrons. The number of hydrogen-bond acceptors (Lipinski definition) is 4. The Morgan fingerprint density at radius 3 is 2.67 bits per heavy atom. The number of nitrogens with zero attached hydrogens (tertiary/aromatic N) is 4. The molecule has 0 aliphatic rings. The van der Waals surface area contributed by atoms with Crippen LogP contribution in [0.4, 0.5) is 0 Å². The van der Waals surface area contributed by atoms with Crippen LogP contribution in [0.25, 0.3) is 0 Å². The van der Waals surface area contributed by atoms with Gasteiger partial charge in [-0.3, -0.25) is 9.67 Å². The second-order valence-electron chi connectivity index (χ2n) is 5.12. The zero-order valence-corrected chi connectivity index (χ0v) is 16.9. The molecule has 24 heavy (non-hydrogen) atoms. The first-order valence-electron chi connectivity index (χ1n) is 7.63. The molecule has 8 heteroatoms. The summed E-state index contributed by atoms with van der Waals surface area (Å²) in [6.45, 7) is 5.88. The highest BCUT2D eigenvalue weighted by atomic mass is 127. The molecule has 1 aromatic heterocycles. The van der Waals surface area contributed by atoms with Crippen molar-refractivity contribution in [3.63, 3.8) is 0 Å². The summed E-state index contributed by atoms with van der Waals surface area (Å²) < 4.78 is 7.43. The smallest absolute Gasteiger partial charge is 0.191 e. The van der Waals surface area contributed by atoms with Gasteiger partial charge in [-0.15, -0.1) is 24.0 Å². The minimum absolute atomic E-state index is 0. The maximum atomic E-state index is 5.70. The van der Waals surface area contributed by atoms with Crippen LogP contribution in [0, 0.1) is 6.92 Å². The third-order valence-corrected chi connectivity index (χ3v) is 3.41. The molecule has 0 saturated carbocycles. The van der Waals surface area contributed by atoms with Crippen LogP contribution in [-0.2, 0) is 20.1 Å². The topological polar surface area (TPSA) is 76.4 Å². The van der Waals surface area contributed by atoms with Crippen molar-refractivity contribution in [2.45, 2.75) is 26.9 Å².